The van der Waals surface area contributed by atoms with Gasteiger partial charge in [0.1, 0.15) is 0 Å². The number of hydrogen-bond acceptors (Lipinski definition) is 1. The average molecular weight is 138 g/mol. The lowest BCUT2D eigenvalue weighted by atomic mass is 10.0. The summed E-state index contributed by atoms with van der Waals surface area (Å²) in [5, 5.41) is 8.59. The molecule has 0 rings (SSSR count). The van der Waals surface area contributed by atoms with E-state index in [0.717, 1.165) is 12.8 Å². The summed E-state index contributed by atoms with van der Waals surface area (Å²) in [6, 6.07) is 0. The predicted molar refractivity (Wildman–Crippen MR) is 43.7 cm³/mol. The minimum Gasteiger partial charge on any atom is -0.396 e. The third-order valence-corrected chi connectivity index (χ3v) is 1.32. The largest absolute Gasteiger partial charge is 0.396 e. The van der Waals surface area contributed by atoms with Crippen molar-refractivity contribution in [1.29, 1.82) is 0 Å². The lowest BCUT2D eigenvalue weighted by Gasteiger charge is -2.04. The maximum atomic E-state index is 8.59. The summed E-state index contributed by atoms with van der Waals surface area (Å²) in [5.41, 5.74) is 2.70. The Kier molecular flexibility index (Phi) is 5.85. The lowest BCUT2D eigenvalue weighted by molar-refractivity contribution is 0.270. The van der Waals surface area contributed by atoms with Gasteiger partial charge in [0.05, 0.1) is 0 Å². The number of aliphatic hydroxyl groups is 1. The van der Waals surface area contributed by atoms with Gasteiger partial charge in [-0.3, -0.25) is 0 Å². The van der Waals surface area contributed by atoms with Gasteiger partial charge in [0.25, 0.3) is 0 Å². The second-order valence-electron chi connectivity index (χ2n) is 2.17. The summed E-state index contributed by atoms with van der Waals surface area (Å²) in [5.74, 6) is 0.361. The van der Waals surface area contributed by atoms with E-state index in [1.165, 1.54) is 0 Å². The van der Waals surface area contributed by atoms with Crippen LogP contribution in [0.15, 0.2) is 31.0 Å². The number of aliphatic hydroxyl groups excluding tert-OH is 1. The number of hydrogen-bond donors (Lipinski definition) is 1. The van der Waals surface area contributed by atoms with E-state index in [2.05, 4.69) is 18.9 Å². The Bertz CT molecular complexity index is 132. The zero-order valence-corrected chi connectivity index (χ0v) is 6.21. The molecule has 0 radical (unpaired) electrons. The normalized spacial score (nSPS) is 11.7. The molecule has 0 aromatic rings. The molecule has 0 aliphatic carbocycles. The molecule has 0 aromatic carbocycles. The van der Waals surface area contributed by atoms with Gasteiger partial charge in [0, 0.05) is 6.61 Å². The molecule has 0 spiro atoms. The van der Waals surface area contributed by atoms with Crippen LogP contribution in [-0.4, -0.2) is 11.7 Å². The molecule has 1 unspecified atom stereocenters. The first kappa shape index (κ1) is 9.22. The van der Waals surface area contributed by atoms with E-state index in [-0.39, 0.29) is 6.61 Å². The first-order valence-corrected chi connectivity index (χ1v) is 3.42. The van der Waals surface area contributed by atoms with Crippen molar-refractivity contribution in [2.75, 3.05) is 6.61 Å². The minimum absolute atomic E-state index is 0.219. The van der Waals surface area contributed by atoms with Crippen LogP contribution < -0.4 is 0 Å². The van der Waals surface area contributed by atoms with E-state index in [1.807, 2.05) is 12.2 Å². The van der Waals surface area contributed by atoms with E-state index >= 15 is 0 Å². The Morgan fingerprint density at radius 3 is 2.70 bits per heavy atom. The molecule has 0 aliphatic rings. The SMILES string of the molecule is C=C=CC(CC=C)CCO. The fourth-order valence-corrected chi connectivity index (χ4v) is 0.816. The highest BCUT2D eigenvalue weighted by molar-refractivity contribution is 4.88. The van der Waals surface area contributed by atoms with E-state index in [0.29, 0.717) is 5.92 Å². The van der Waals surface area contributed by atoms with Gasteiger partial charge in [-0.1, -0.05) is 12.7 Å². The van der Waals surface area contributed by atoms with Gasteiger partial charge in [-0.05, 0) is 24.8 Å². The molecular weight excluding hydrogens is 124 g/mol. The Morgan fingerprint density at radius 2 is 2.30 bits per heavy atom. The van der Waals surface area contributed by atoms with Crippen LogP contribution in [-0.2, 0) is 0 Å². The predicted octanol–water partition coefficient (Wildman–Crippen LogP) is 1.90. The molecule has 1 N–H and O–H groups in total. The van der Waals surface area contributed by atoms with E-state index in [1.54, 1.807) is 0 Å². The molecule has 0 saturated carbocycles. The van der Waals surface area contributed by atoms with Gasteiger partial charge in [0.15, 0.2) is 0 Å². The number of allylic oxidation sites excluding steroid dienone is 2. The molecule has 0 amide bonds. The first-order chi connectivity index (χ1) is 4.85. The molecule has 0 fully saturated rings. The van der Waals surface area contributed by atoms with E-state index in [4.69, 9.17) is 5.11 Å². The molecule has 1 atom stereocenters. The Balaban J connectivity index is 3.70. The van der Waals surface area contributed by atoms with Crippen LogP contribution in [0.25, 0.3) is 0 Å². The summed E-state index contributed by atoms with van der Waals surface area (Å²) in [4.78, 5) is 0. The third-order valence-electron chi connectivity index (χ3n) is 1.32. The zero-order chi connectivity index (χ0) is 7.82. The van der Waals surface area contributed by atoms with Crippen LogP contribution >= 0.6 is 0 Å². The second kappa shape index (κ2) is 6.34. The highest BCUT2D eigenvalue weighted by atomic mass is 16.3. The van der Waals surface area contributed by atoms with Crippen LogP contribution in [0.4, 0.5) is 0 Å². The van der Waals surface area contributed by atoms with Gasteiger partial charge in [-0.25, -0.2) is 0 Å². The number of rotatable bonds is 5. The molecule has 1 heteroatoms. The summed E-state index contributed by atoms with van der Waals surface area (Å²) >= 11 is 0. The Hall–Kier alpha value is -0.780. The topological polar surface area (TPSA) is 20.2 Å². The second-order valence-corrected chi connectivity index (χ2v) is 2.17. The van der Waals surface area contributed by atoms with Crippen LogP contribution in [0.5, 0.6) is 0 Å². The Labute approximate surface area is 62.4 Å². The van der Waals surface area contributed by atoms with Crippen molar-refractivity contribution in [3.63, 3.8) is 0 Å². The van der Waals surface area contributed by atoms with Crippen molar-refractivity contribution in [1.82, 2.24) is 0 Å². The van der Waals surface area contributed by atoms with Gasteiger partial charge in [-0.15, -0.1) is 12.3 Å². The molecule has 0 aromatic heterocycles. The molecule has 56 valence electrons. The summed E-state index contributed by atoms with van der Waals surface area (Å²) in [6.07, 6.45) is 5.38. The quantitative estimate of drug-likeness (QED) is 0.454. The molecule has 0 aliphatic heterocycles. The maximum absolute atomic E-state index is 8.59. The van der Waals surface area contributed by atoms with Crippen molar-refractivity contribution < 1.29 is 5.11 Å². The van der Waals surface area contributed by atoms with Crippen molar-refractivity contribution in [3.05, 3.63) is 31.0 Å². The van der Waals surface area contributed by atoms with Crippen LogP contribution in [0.1, 0.15) is 12.8 Å². The van der Waals surface area contributed by atoms with Crippen molar-refractivity contribution in [3.8, 4) is 0 Å². The van der Waals surface area contributed by atoms with Crippen molar-refractivity contribution in [2.24, 2.45) is 5.92 Å². The third kappa shape index (κ3) is 4.13. The standard InChI is InChI=1S/C9H14O/c1-3-5-9(6-4-2)7-8-10/h3,6,9-10H,1-2,5,7-8H2. The highest BCUT2D eigenvalue weighted by Crippen LogP contribution is 2.08. The molecular formula is C9H14O. The van der Waals surface area contributed by atoms with Gasteiger partial charge < -0.3 is 5.11 Å². The summed E-state index contributed by atoms with van der Waals surface area (Å²) in [7, 11) is 0. The van der Waals surface area contributed by atoms with Crippen LogP contribution in [0.2, 0.25) is 0 Å². The van der Waals surface area contributed by atoms with Crippen molar-refractivity contribution in [2.45, 2.75) is 12.8 Å². The fraction of sp³-hybridized carbons (Fsp3) is 0.444. The molecule has 10 heavy (non-hydrogen) atoms. The van der Waals surface area contributed by atoms with E-state index in [9.17, 15) is 0 Å². The smallest absolute Gasteiger partial charge is 0.0436 e. The first-order valence-electron chi connectivity index (χ1n) is 3.42. The highest BCUT2D eigenvalue weighted by Gasteiger charge is 1.99. The summed E-state index contributed by atoms with van der Waals surface area (Å²) in [6.45, 7) is 7.30. The monoisotopic (exact) mass is 138 g/mol. The zero-order valence-electron chi connectivity index (χ0n) is 6.21. The van der Waals surface area contributed by atoms with Crippen LogP contribution in [0, 0.1) is 5.92 Å². The molecule has 0 bridgehead atoms. The molecule has 0 heterocycles. The lowest BCUT2D eigenvalue weighted by Crippen LogP contribution is -1.97. The maximum Gasteiger partial charge on any atom is 0.0436 e. The average Bonchev–Trinajstić information content (AvgIpc) is 1.90. The van der Waals surface area contributed by atoms with Crippen molar-refractivity contribution >= 4 is 0 Å². The Morgan fingerprint density at radius 1 is 1.60 bits per heavy atom. The van der Waals surface area contributed by atoms with Gasteiger partial charge in [0.2, 0.25) is 0 Å². The molecule has 1 nitrogen and oxygen atoms in total. The minimum atomic E-state index is 0.219. The van der Waals surface area contributed by atoms with Gasteiger partial charge in [-0.2, -0.15) is 0 Å². The van der Waals surface area contributed by atoms with Gasteiger partial charge >= 0.3 is 0 Å². The fourth-order valence-electron chi connectivity index (χ4n) is 0.816. The van der Waals surface area contributed by atoms with E-state index < -0.39 is 0 Å². The van der Waals surface area contributed by atoms with Crippen LogP contribution in [0.3, 0.4) is 0 Å². The summed E-state index contributed by atoms with van der Waals surface area (Å²) < 4.78 is 0. The molecule has 0 saturated heterocycles.